The van der Waals surface area contributed by atoms with E-state index in [-0.39, 0.29) is 5.91 Å². The predicted molar refractivity (Wildman–Crippen MR) is 86.4 cm³/mol. The van der Waals surface area contributed by atoms with Gasteiger partial charge < -0.3 is 14.1 Å². The van der Waals surface area contributed by atoms with Crippen molar-refractivity contribution in [2.45, 2.75) is 27.2 Å². The van der Waals surface area contributed by atoms with Crippen LogP contribution < -0.4 is 4.74 Å². The second kappa shape index (κ2) is 5.67. The highest BCUT2D eigenvalue weighted by Gasteiger charge is 2.29. The molecule has 1 aromatic carbocycles. The summed E-state index contributed by atoms with van der Waals surface area (Å²) >= 11 is 0. The van der Waals surface area contributed by atoms with Crippen LogP contribution in [-0.2, 0) is 0 Å². The fraction of sp³-hybridized carbons (Fsp3) is 0.500. The molecule has 0 aliphatic carbocycles. The third-order valence-corrected chi connectivity index (χ3v) is 4.49. The fourth-order valence-electron chi connectivity index (χ4n) is 3.50. The molecule has 22 heavy (non-hydrogen) atoms. The van der Waals surface area contributed by atoms with Crippen molar-refractivity contribution in [3.05, 3.63) is 29.5 Å². The van der Waals surface area contributed by atoms with E-state index in [4.69, 9.17) is 9.15 Å². The summed E-state index contributed by atoms with van der Waals surface area (Å²) < 4.78 is 11.1. The molecule has 0 spiro atoms. The highest BCUT2D eigenvalue weighted by molar-refractivity contribution is 5.99. The Balaban J connectivity index is 1.95. The summed E-state index contributed by atoms with van der Waals surface area (Å²) in [5.74, 6) is 2.32. The second-order valence-electron chi connectivity index (χ2n) is 6.57. The summed E-state index contributed by atoms with van der Waals surface area (Å²) in [7, 11) is 1.64. The molecule has 1 aromatic heterocycles. The minimum atomic E-state index is 0.00562. The molecule has 2 heterocycles. The number of nitrogens with zero attached hydrogens (tertiary/aromatic N) is 1. The molecule has 1 amide bonds. The standard InChI is InChI=1S/C18H23NO3/c1-11-7-12(2)10-19(9-11)18(20)17-13(3)15-8-14(21-4)5-6-16(15)22-17/h5-6,8,11-12H,7,9-10H2,1-4H3/t11-,12-/m1/s1. The van der Waals surface area contributed by atoms with Gasteiger partial charge in [-0.2, -0.15) is 0 Å². The Morgan fingerprint density at radius 3 is 2.59 bits per heavy atom. The maximum absolute atomic E-state index is 12.8. The average Bonchev–Trinajstić information content (AvgIpc) is 2.82. The van der Waals surface area contributed by atoms with Crippen LogP contribution in [0.2, 0.25) is 0 Å². The van der Waals surface area contributed by atoms with Crippen LogP contribution in [-0.4, -0.2) is 31.0 Å². The number of amides is 1. The van der Waals surface area contributed by atoms with Crippen LogP contribution in [0, 0.1) is 18.8 Å². The van der Waals surface area contributed by atoms with Crippen LogP contribution in [0.5, 0.6) is 5.75 Å². The first-order chi connectivity index (χ1) is 10.5. The van der Waals surface area contributed by atoms with Crippen molar-refractivity contribution < 1.29 is 13.9 Å². The number of methoxy groups -OCH3 is 1. The Bertz CT molecular complexity index is 694. The number of carbonyl (C=O) groups excluding carboxylic acids is 1. The van der Waals surface area contributed by atoms with Gasteiger partial charge in [0.05, 0.1) is 7.11 Å². The van der Waals surface area contributed by atoms with Crippen LogP contribution in [0.1, 0.15) is 36.4 Å². The Morgan fingerprint density at radius 1 is 1.27 bits per heavy atom. The highest BCUT2D eigenvalue weighted by Crippen LogP contribution is 2.31. The van der Waals surface area contributed by atoms with Crippen LogP contribution in [0.25, 0.3) is 11.0 Å². The fourth-order valence-corrected chi connectivity index (χ4v) is 3.50. The summed E-state index contributed by atoms with van der Waals surface area (Å²) in [5, 5.41) is 0.945. The van der Waals surface area contributed by atoms with Gasteiger partial charge in [0.25, 0.3) is 5.91 Å². The van der Waals surface area contributed by atoms with Gasteiger partial charge in [-0.3, -0.25) is 4.79 Å². The molecule has 0 bridgehead atoms. The Hall–Kier alpha value is -1.97. The van der Waals surface area contributed by atoms with Crippen LogP contribution in [0.15, 0.2) is 22.6 Å². The Morgan fingerprint density at radius 2 is 1.95 bits per heavy atom. The molecule has 0 unspecified atom stereocenters. The van der Waals surface area contributed by atoms with Gasteiger partial charge in [-0.15, -0.1) is 0 Å². The van der Waals surface area contributed by atoms with Crippen LogP contribution >= 0.6 is 0 Å². The lowest BCUT2D eigenvalue weighted by atomic mass is 9.91. The number of hydrogen-bond acceptors (Lipinski definition) is 3. The summed E-state index contributed by atoms with van der Waals surface area (Å²) in [6.45, 7) is 7.96. The molecule has 0 N–H and O–H groups in total. The molecule has 1 aliphatic rings. The molecular formula is C18H23NO3. The number of carbonyl (C=O) groups is 1. The number of ether oxygens (including phenoxy) is 1. The number of piperidine rings is 1. The maximum atomic E-state index is 12.8. The van der Waals surface area contributed by atoms with Gasteiger partial charge in [0.15, 0.2) is 5.76 Å². The SMILES string of the molecule is COc1ccc2oc(C(=O)N3C[C@H](C)C[C@@H](C)C3)c(C)c2c1. The minimum Gasteiger partial charge on any atom is -0.497 e. The lowest BCUT2D eigenvalue weighted by Gasteiger charge is -2.34. The second-order valence-corrected chi connectivity index (χ2v) is 6.57. The van der Waals surface area contributed by atoms with Gasteiger partial charge in [-0.05, 0) is 43.4 Å². The van der Waals surface area contributed by atoms with Crippen LogP contribution in [0.4, 0.5) is 0 Å². The molecule has 0 radical (unpaired) electrons. The third-order valence-electron chi connectivity index (χ3n) is 4.49. The largest absolute Gasteiger partial charge is 0.497 e. The molecule has 2 atom stereocenters. The first-order valence-corrected chi connectivity index (χ1v) is 7.86. The van der Waals surface area contributed by atoms with Gasteiger partial charge >= 0.3 is 0 Å². The molecule has 4 heteroatoms. The summed E-state index contributed by atoms with van der Waals surface area (Å²) in [5.41, 5.74) is 1.63. The number of aryl methyl sites for hydroxylation is 1. The van der Waals surface area contributed by atoms with Crippen molar-refractivity contribution in [2.24, 2.45) is 11.8 Å². The molecule has 2 aromatic rings. The molecule has 3 rings (SSSR count). The molecule has 1 saturated heterocycles. The van der Waals surface area contributed by atoms with E-state index in [9.17, 15) is 4.79 Å². The summed E-state index contributed by atoms with van der Waals surface area (Å²) in [4.78, 5) is 14.8. The third kappa shape index (κ3) is 2.58. The normalized spacial score (nSPS) is 22.1. The van der Waals surface area contributed by atoms with E-state index in [1.165, 1.54) is 6.42 Å². The number of hydrogen-bond donors (Lipinski definition) is 0. The van der Waals surface area contributed by atoms with Crippen molar-refractivity contribution in [3.8, 4) is 5.75 Å². The predicted octanol–water partition coefficient (Wildman–Crippen LogP) is 3.87. The first-order valence-electron chi connectivity index (χ1n) is 7.86. The number of furan rings is 1. The lowest BCUT2D eigenvalue weighted by molar-refractivity contribution is 0.0593. The van der Waals surface area contributed by atoms with Gasteiger partial charge in [-0.25, -0.2) is 0 Å². The number of rotatable bonds is 2. The van der Waals surface area contributed by atoms with Crippen molar-refractivity contribution >= 4 is 16.9 Å². The molecule has 4 nitrogen and oxygen atoms in total. The number of likely N-dealkylation sites (tertiary alicyclic amines) is 1. The van der Waals surface area contributed by atoms with E-state index in [0.717, 1.165) is 35.4 Å². The van der Waals surface area contributed by atoms with Gasteiger partial charge in [0, 0.05) is 24.0 Å². The zero-order valence-corrected chi connectivity index (χ0v) is 13.7. The summed E-state index contributed by atoms with van der Waals surface area (Å²) in [6.07, 6.45) is 1.18. The zero-order valence-electron chi connectivity index (χ0n) is 13.7. The van der Waals surface area contributed by atoms with E-state index < -0.39 is 0 Å². The smallest absolute Gasteiger partial charge is 0.289 e. The van der Waals surface area contributed by atoms with E-state index in [1.807, 2.05) is 30.0 Å². The Labute approximate surface area is 131 Å². The quantitative estimate of drug-likeness (QED) is 0.845. The van der Waals surface area contributed by atoms with Crippen molar-refractivity contribution in [2.75, 3.05) is 20.2 Å². The topological polar surface area (TPSA) is 42.7 Å². The maximum Gasteiger partial charge on any atom is 0.289 e. The monoisotopic (exact) mass is 301 g/mol. The van der Waals surface area contributed by atoms with E-state index >= 15 is 0 Å². The molecule has 1 aliphatic heterocycles. The van der Waals surface area contributed by atoms with Crippen molar-refractivity contribution in [1.29, 1.82) is 0 Å². The minimum absolute atomic E-state index is 0.00562. The summed E-state index contributed by atoms with van der Waals surface area (Å²) in [6, 6.07) is 5.64. The lowest BCUT2D eigenvalue weighted by Crippen LogP contribution is -2.42. The van der Waals surface area contributed by atoms with Gasteiger partial charge in [-0.1, -0.05) is 13.8 Å². The van der Waals surface area contributed by atoms with E-state index in [2.05, 4.69) is 13.8 Å². The number of fused-ring (bicyclic) bond motifs is 1. The van der Waals surface area contributed by atoms with Crippen molar-refractivity contribution in [1.82, 2.24) is 4.90 Å². The molecule has 1 fully saturated rings. The van der Waals surface area contributed by atoms with Gasteiger partial charge in [0.1, 0.15) is 11.3 Å². The average molecular weight is 301 g/mol. The molecular weight excluding hydrogens is 278 g/mol. The van der Waals surface area contributed by atoms with Crippen molar-refractivity contribution in [3.63, 3.8) is 0 Å². The molecule has 118 valence electrons. The number of benzene rings is 1. The Kier molecular flexibility index (Phi) is 3.85. The van der Waals surface area contributed by atoms with E-state index in [1.54, 1.807) is 7.11 Å². The molecule has 0 saturated carbocycles. The van der Waals surface area contributed by atoms with Gasteiger partial charge in [0.2, 0.25) is 0 Å². The highest BCUT2D eigenvalue weighted by atomic mass is 16.5. The first kappa shape index (κ1) is 14.9. The zero-order chi connectivity index (χ0) is 15.9. The van der Waals surface area contributed by atoms with Crippen LogP contribution in [0.3, 0.4) is 0 Å². The van der Waals surface area contributed by atoms with E-state index in [0.29, 0.717) is 17.6 Å².